The zero-order chi connectivity index (χ0) is 20.1. The van der Waals surface area contributed by atoms with Crippen molar-refractivity contribution in [1.29, 1.82) is 0 Å². The highest BCUT2D eigenvalue weighted by Gasteiger charge is 2.25. The number of benzene rings is 2. The average molecular weight is 395 g/mol. The topological polar surface area (TPSA) is 64.6 Å². The smallest absolute Gasteiger partial charge is 0.341 e. The number of hydrogen-bond acceptors (Lipinski definition) is 5. The van der Waals surface area contributed by atoms with Crippen molar-refractivity contribution in [2.24, 2.45) is 0 Å². The minimum absolute atomic E-state index is 0.151. The van der Waals surface area contributed by atoms with Crippen LogP contribution in [0.2, 0.25) is 0 Å². The van der Waals surface area contributed by atoms with Crippen LogP contribution in [0.15, 0.2) is 54.6 Å². The summed E-state index contributed by atoms with van der Waals surface area (Å²) in [5, 5.41) is 3.25. The van der Waals surface area contributed by atoms with Gasteiger partial charge in [0.1, 0.15) is 16.3 Å². The van der Waals surface area contributed by atoms with Gasteiger partial charge < -0.3 is 14.8 Å². The second kappa shape index (κ2) is 8.71. The van der Waals surface area contributed by atoms with E-state index in [9.17, 15) is 9.59 Å². The number of thiophene rings is 1. The lowest BCUT2D eigenvalue weighted by Crippen LogP contribution is -2.21. The molecule has 0 radical (unpaired) electrons. The molecule has 0 spiro atoms. The summed E-state index contributed by atoms with van der Waals surface area (Å²) in [5.41, 5.74) is 3.14. The van der Waals surface area contributed by atoms with Gasteiger partial charge in [0.25, 0.3) is 5.91 Å². The number of carbonyl (C=O) groups is 2. The van der Waals surface area contributed by atoms with Gasteiger partial charge in [-0.15, -0.1) is 11.3 Å². The number of ether oxygens (including phenoxy) is 2. The van der Waals surface area contributed by atoms with Gasteiger partial charge in [-0.3, -0.25) is 4.79 Å². The van der Waals surface area contributed by atoms with E-state index in [0.717, 1.165) is 21.6 Å². The molecule has 0 aliphatic rings. The third-order valence-corrected chi connectivity index (χ3v) is 5.20. The molecule has 0 unspecified atom stereocenters. The van der Waals surface area contributed by atoms with E-state index in [-0.39, 0.29) is 12.5 Å². The normalized spacial score (nSPS) is 10.4. The number of aryl methyl sites for hydroxylation is 2. The number of esters is 1. The number of nitrogens with one attached hydrogen (secondary N) is 1. The van der Waals surface area contributed by atoms with Crippen LogP contribution in [0.3, 0.4) is 0 Å². The highest BCUT2D eigenvalue weighted by atomic mass is 32.1. The number of carbonyl (C=O) groups excluding carboxylic acids is 2. The van der Waals surface area contributed by atoms with E-state index >= 15 is 0 Å². The Hall–Kier alpha value is -3.12. The Morgan fingerprint density at radius 1 is 1.00 bits per heavy atom. The van der Waals surface area contributed by atoms with Gasteiger partial charge in [-0.2, -0.15) is 0 Å². The van der Waals surface area contributed by atoms with Crippen LogP contribution in [-0.4, -0.2) is 25.6 Å². The Labute approximate surface area is 167 Å². The molecule has 0 aliphatic carbocycles. The number of rotatable bonds is 6. The third kappa shape index (κ3) is 4.40. The Morgan fingerprint density at radius 2 is 1.68 bits per heavy atom. The lowest BCUT2D eigenvalue weighted by Gasteiger charge is -2.09. The molecule has 1 heterocycles. The van der Waals surface area contributed by atoms with Gasteiger partial charge in [0.05, 0.1) is 7.11 Å². The van der Waals surface area contributed by atoms with Crippen molar-refractivity contribution < 1.29 is 19.1 Å². The molecule has 1 aromatic heterocycles. The first-order chi connectivity index (χ1) is 13.5. The molecule has 0 atom stereocenters. The largest absolute Gasteiger partial charge is 0.484 e. The maximum absolute atomic E-state index is 12.4. The van der Waals surface area contributed by atoms with Gasteiger partial charge in [-0.1, -0.05) is 48.0 Å². The van der Waals surface area contributed by atoms with Crippen molar-refractivity contribution in [2.75, 3.05) is 19.0 Å². The fourth-order valence-corrected chi connectivity index (χ4v) is 3.91. The van der Waals surface area contributed by atoms with Crippen LogP contribution in [0.25, 0.3) is 11.1 Å². The minimum atomic E-state index is -0.488. The molecule has 1 amide bonds. The zero-order valence-electron chi connectivity index (χ0n) is 15.9. The van der Waals surface area contributed by atoms with Crippen molar-refractivity contribution >= 4 is 28.2 Å². The summed E-state index contributed by atoms with van der Waals surface area (Å²) < 4.78 is 10.5. The molecule has 0 saturated carbocycles. The van der Waals surface area contributed by atoms with Gasteiger partial charge in [0.2, 0.25) is 0 Å². The molecule has 5 nitrogen and oxygen atoms in total. The first-order valence-corrected chi connectivity index (χ1v) is 9.57. The van der Waals surface area contributed by atoms with Gasteiger partial charge in [0, 0.05) is 10.4 Å². The standard InChI is InChI=1S/C22H21NO4S/c1-14-9-11-17(12-10-14)27-13-18(24)23-21-20(22(25)26-3)19(15(2)28-21)16-7-5-4-6-8-16/h4-12H,13H2,1-3H3,(H,23,24). The van der Waals surface area contributed by atoms with Crippen LogP contribution < -0.4 is 10.1 Å². The summed E-state index contributed by atoms with van der Waals surface area (Å²) in [7, 11) is 1.33. The van der Waals surface area contributed by atoms with Crippen molar-refractivity contribution in [3.63, 3.8) is 0 Å². The van der Waals surface area contributed by atoms with E-state index in [1.165, 1.54) is 18.4 Å². The predicted octanol–water partition coefficient (Wildman–Crippen LogP) is 4.84. The number of anilines is 1. The van der Waals surface area contributed by atoms with Gasteiger partial charge in [-0.05, 0) is 31.5 Å². The fourth-order valence-electron chi connectivity index (χ4n) is 2.83. The van der Waals surface area contributed by atoms with Crippen LogP contribution >= 0.6 is 11.3 Å². The Kier molecular flexibility index (Phi) is 6.11. The molecule has 0 aliphatic heterocycles. The van der Waals surface area contributed by atoms with Crippen molar-refractivity contribution in [2.45, 2.75) is 13.8 Å². The van der Waals surface area contributed by atoms with Crippen molar-refractivity contribution in [1.82, 2.24) is 0 Å². The van der Waals surface area contributed by atoms with Gasteiger partial charge in [-0.25, -0.2) is 4.79 Å². The summed E-state index contributed by atoms with van der Waals surface area (Å²) in [4.78, 5) is 25.7. The van der Waals surface area contributed by atoms with Gasteiger partial charge >= 0.3 is 5.97 Å². The maximum Gasteiger partial charge on any atom is 0.341 e. The molecule has 1 N–H and O–H groups in total. The molecular formula is C22H21NO4S. The lowest BCUT2D eigenvalue weighted by molar-refractivity contribution is -0.118. The van der Waals surface area contributed by atoms with Crippen LogP contribution in [0.5, 0.6) is 5.75 Å². The maximum atomic E-state index is 12.4. The monoisotopic (exact) mass is 395 g/mol. The summed E-state index contributed by atoms with van der Waals surface area (Å²) in [6.07, 6.45) is 0. The second-order valence-electron chi connectivity index (χ2n) is 6.24. The number of hydrogen-bond donors (Lipinski definition) is 1. The minimum Gasteiger partial charge on any atom is -0.484 e. The predicted molar refractivity (Wildman–Crippen MR) is 111 cm³/mol. The number of amides is 1. The van der Waals surface area contributed by atoms with Crippen LogP contribution in [0.4, 0.5) is 5.00 Å². The fraction of sp³-hybridized carbons (Fsp3) is 0.182. The molecule has 3 rings (SSSR count). The molecule has 0 saturated heterocycles. The summed E-state index contributed by atoms with van der Waals surface area (Å²) >= 11 is 1.34. The van der Waals surface area contributed by atoms with E-state index in [2.05, 4.69) is 5.32 Å². The highest BCUT2D eigenvalue weighted by Crippen LogP contribution is 2.40. The van der Waals surface area contributed by atoms with E-state index < -0.39 is 5.97 Å². The van der Waals surface area contributed by atoms with Crippen LogP contribution in [-0.2, 0) is 9.53 Å². The van der Waals surface area contributed by atoms with Gasteiger partial charge in [0.15, 0.2) is 6.61 Å². The summed E-state index contributed by atoms with van der Waals surface area (Å²) in [6.45, 7) is 3.74. The second-order valence-corrected chi connectivity index (χ2v) is 7.47. The summed E-state index contributed by atoms with van der Waals surface area (Å²) in [5.74, 6) is -0.217. The summed E-state index contributed by atoms with van der Waals surface area (Å²) in [6, 6.07) is 17.0. The first kappa shape index (κ1) is 19.6. The van der Waals surface area contributed by atoms with E-state index in [0.29, 0.717) is 16.3 Å². The first-order valence-electron chi connectivity index (χ1n) is 8.76. The number of methoxy groups -OCH3 is 1. The SMILES string of the molecule is COC(=O)c1c(NC(=O)COc2ccc(C)cc2)sc(C)c1-c1ccccc1. The molecule has 144 valence electrons. The molecule has 3 aromatic rings. The molecule has 2 aromatic carbocycles. The van der Waals surface area contributed by atoms with E-state index in [4.69, 9.17) is 9.47 Å². The van der Waals surface area contributed by atoms with E-state index in [1.807, 2.05) is 68.4 Å². The quantitative estimate of drug-likeness (QED) is 0.607. The average Bonchev–Trinajstić information content (AvgIpc) is 3.03. The molecular weight excluding hydrogens is 374 g/mol. The molecule has 0 fully saturated rings. The highest BCUT2D eigenvalue weighted by molar-refractivity contribution is 7.17. The zero-order valence-corrected chi connectivity index (χ0v) is 16.8. The van der Waals surface area contributed by atoms with E-state index in [1.54, 1.807) is 0 Å². The Balaban J connectivity index is 1.82. The molecule has 28 heavy (non-hydrogen) atoms. The van der Waals surface area contributed by atoms with Crippen molar-refractivity contribution in [3.8, 4) is 16.9 Å². The Morgan fingerprint density at radius 3 is 2.32 bits per heavy atom. The third-order valence-electron chi connectivity index (χ3n) is 4.18. The Bertz CT molecular complexity index is 978. The van der Waals surface area contributed by atoms with Crippen molar-refractivity contribution in [3.05, 3.63) is 70.6 Å². The van der Waals surface area contributed by atoms with Crippen LogP contribution in [0.1, 0.15) is 20.8 Å². The van der Waals surface area contributed by atoms with Crippen LogP contribution in [0, 0.1) is 13.8 Å². The lowest BCUT2D eigenvalue weighted by atomic mass is 10.0. The molecule has 6 heteroatoms. The molecule has 0 bridgehead atoms.